The predicted octanol–water partition coefficient (Wildman–Crippen LogP) is 4.73. The van der Waals surface area contributed by atoms with E-state index in [0.717, 1.165) is 11.3 Å². The van der Waals surface area contributed by atoms with E-state index >= 15 is 0 Å². The number of benzene rings is 3. The average molecular weight is 424 g/mol. The molecule has 0 unspecified atom stereocenters. The number of hydrogen-bond acceptors (Lipinski definition) is 5. The molecule has 0 atom stereocenters. The fourth-order valence-corrected chi connectivity index (χ4v) is 3.59. The molecule has 7 heteroatoms. The predicted molar refractivity (Wildman–Crippen MR) is 121 cm³/mol. The van der Waals surface area contributed by atoms with Gasteiger partial charge in [-0.2, -0.15) is 0 Å². The fraction of sp³-hybridized carbons (Fsp3) is 0.130. The Kier molecular flexibility index (Phi) is 7.11. The number of sulfonamides is 1. The summed E-state index contributed by atoms with van der Waals surface area (Å²) in [4.78, 5) is -0.0679. The van der Waals surface area contributed by atoms with E-state index < -0.39 is 10.0 Å². The first-order valence-electron chi connectivity index (χ1n) is 9.54. The lowest BCUT2D eigenvalue weighted by Crippen LogP contribution is -2.16. The van der Waals surface area contributed by atoms with Crippen molar-refractivity contribution in [1.29, 1.82) is 0 Å². The SMILES string of the molecule is CC=CCNc1cc(CNc2ccccc2)cc(S(N)(=O)=O)c1Oc1ccccc1. The molecular formula is C23H25N3O3S. The van der Waals surface area contributed by atoms with E-state index in [1.54, 1.807) is 18.2 Å². The molecule has 0 aliphatic carbocycles. The third-order valence-corrected chi connectivity index (χ3v) is 5.22. The second kappa shape index (κ2) is 9.96. The van der Waals surface area contributed by atoms with Crippen molar-refractivity contribution in [2.45, 2.75) is 18.4 Å². The van der Waals surface area contributed by atoms with Gasteiger partial charge >= 0.3 is 0 Å². The topological polar surface area (TPSA) is 93.5 Å². The summed E-state index contributed by atoms with van der Waals surface area (Å²) in [5.41, 5.74) is 2.24. The number of nitrogens with two attached hydrogens (primary N) is 1. The zero-order valence-electron chi connectivity index (χ0n) is 16.7. The van der Waals surface area contributed by atoms with Crippen molar-refractivity contribution < 1.29 is 13.2 Å². The summed E-state index contributed by atoms with van der Waals surface area (Å²) in [5.74, 6) is 0.698. The van der Waals surface area contributed by atoms with Gasteiger partial charge in [0.05, 0.1) is 5.69 Å². The lowest BCUT2D eigenvalue weighted by Gasteiger charge is -2.18. The van der Waals surface area contributed by atoms with Crippen LogP contribution in [0.4, 0.5) is 11.4 Å². The first kappa shape index (κ1) is 21.4. The van der Waals surface area contributed by atoms with Crippen molar-refractivity contribution in [2.75, 3.05) is 17.2 Å². The smallest absolute Gasteiger partial charge is 0.241 e. The Labute approximate surface area is 177 Å². The fourth-order valence-electron chi connectivity index (χ4n) is 2.86. The molecule has 0 saturated heterocycles. The van der Waals surface area contributed by atoms with Crippen LogP contribution in [0.3, 0.4) is 0 Å². The Balaban J connectivity index is 2.01. The molecule has 156 valence electrons. The maximum Gasteiger partial charge on any atom is 0.241 e. The van der Waals surface area contributed by atoms with Gasteiger partial charge in [0.2, 0.25) is 10.0 Å². The molecule has 0 aliphatic heterocycles. The van der Waals surface area contributed by atoms with Crippen molar-refractivity contribution in [3.63, 3.8) is 0 Å². The van der Waals surface area contributed by atoms with E-state index in [0.29, 0.717) is 24.5 Å². The van der Waals surface area contributed by atoms with Gasteiger partial charge in [0.25, 0.3) is 0 Å². The van der Waals surface area contributed by atoms with Gasteiger partial charge in [0.1, 0.15) is 10.6 Å². The average Bonchev–Trinajstić information content (AvgIpc) is 2.74. The third kappa shape index (κ3) is 5.85. The summed E-state index contributed by atoms with van der Waals surface area (Å²) in [6, 6.07) is 22.1. The van der Waals surface area contributed by atoms with Gasteiger partial charge in [-0.1, -0.05) is 48.6 Å². The first-order valence-corrected chi connectivity index (χ1v) is 11.1. The van der Waals surface area contributed by atoms with E-state index in [1.165, 1.54) is 0 Å². The molecule has 0 radical (unpaired) electrons. The highest BCUT2D eigenvalue weighted by atomic mass is 32.2. The summed E-state index contributed by atoms with van der Waals surface area (Å²) in [5, 5.41) is 12.1. The Morgan fingerprint density at radius 3 is 2.27 bits per heavy atom. The normalized spacial score (nSPS) is 11.4. The number of nitrogens with one attached hydrogen (secondary N) is 2. The molecule has 0 heterocycles. The molecular weight excluding hydrogens is 398 g/mol. The molecule has 0 aromatic heterocycles. The first-order chi connectivity index (χ1) is 14.5. The minimum absolute atomic E-state index is 0.0679. The van der Waals surface area contributed by atoms with Gasteiger partial charge in [0, 0.05) is 18.8 Å². The van der Waals surface area contributed by atoms with Crippen LogP contribution in [0.2, 0.25) is 0 Å². The van der Waals surface area contributed by atoms with Gasteiger partial charge < -0.3 is 15.4 Å². The largest absolute Gasteiger partial charge is 0.454 e. The van der Waals surface area contributed by atoms with Crippen LogP contribution in [-0.4, -0.2) is 15.0 Å². The van der Waals surface area contributed by atoms with Crippen LogP contribution < -0.4 is 20.5 Å². The number of hydrogen-bond donors (Lipinski definition) is 3. The number of allylic oxidation sites excluding steroid dienone is 1. The van der Waals surface area contributed by atoms with E-state index in [2.05, 4.69) is 10.6 Å². The second-order valence-corrected chi connectivity index (χ2v) is 8.13. The highest BCUT2D eigenvalue weighted by Crippen LogP contribution is 2.37. The van der Waals surface area contributed by atoms with Gasteiger partial charge in [-0.15, -0.1) is 0 Å². The van der Waals surface area contributed by atoms with Crippen molar-refractivity contribution in [3.05, 3.63) is 90.5 Å². The van der Waals surface area contributed by atoms with Crippen LogP contribution in [0, 0.1) is 0 Å². The zero-order valence-corrected chi connectivity index (χ0v) is 17.5. The summed E-state index contributed by atoms with van der Waals surface area (Å²) in [6.07, 6.45) is 3.84. The van der Waals surface area contributed by atoms with Crippen LogP contribution in [-0.2, 0) is 16.6 Å². The number of rotatable bonds is 9. The molecule has 4 N–H and O–H groups in total. The number of ether oxygens (including phenoxy) is 1. The maximum atomic E-state index is 12.4. The maximum absolute atomic E-state index is 12.4. The molecule has 0 fully saturated rings. The Morgan fingerprint density at radius 2 is 1.63 bits per heavy atom. The van der Waals surface area contributed by atoms with Crippen molar-refractivity contribution in [1.82, 2.24) is 0 Å². The van der Waals surface area contributed by atoms with Crippen LogP contribution in [0.15, 0.2) is 89.8 Å². The van der Waals surface area contributed by atoms with Crippen LogP contribution >= 0.6 is 0 Å². The number of anilines is 2. The van der Waals surface area contributed by atoms with Gasteiger partial charge in [-0.3, -0.25) is 0 Å². The third-order valence-electron chi connectivity index (χ3n) is 4.30. The van der Waals surface area contributed by atoms with Gasteiger partial charge in [-0.25, -0.2) is 13.6 Å². The standard InChI is InChI=1S/C23H25N3O3S/c1-2-3-14-25-21-15-18(17-26-19-10-6-4-7-11-19)16-22(30(24,27)28)23(21)29-20-12-8-5-9-13-20/h2-13,15-16,25-26H,14,17H2,1H3,(H2,24,27,28). The summed E-state index contributed by atoms with van der Waals surface area (Å²) in [6.45, 7) is 2.86. The number of primary sulfonamides is 1. The van der Waals surface area contributed by atoms with E-state index in [4.69, 9.17) is 9.88 Å². The molecule has 30 heavy (non-hydrogen) atoms. The van der Waals surface area contributed by atoms with E-state index in [-0.39, 0.29) is 10.6 Å². The van der Waals surface area contributed by atoms with E-state index in [1.807, 2.05) is 73.7 Å². The summed E-state index contributed by atoms with van der Waals surface area (Å²) in [7, 11) is -4.02. The lowest BCUT2D eigenvalue weighted by atomic mass is 10.1. The van der Waals surface area contributed by atoms with Crippen molar-refractivity contribution in [2.24, 2.45) is 5.14 Å². The van der Waals surface area contributed by atoms with Gasteiger partial charge in [-0.05, 0) is 48.9 Å². The number of para-hydroxylation sites is 2. The Hall–Kier alpha value is -3.29. The minimum atomic E-state index is -4.02. The molecule has 0 spiro atoms. The Morgan fingerprint density at radius 1 is 0.967 bits per heavy atom. The quantitative estimate of drug-likeness (QED) is 0.433. The molecule has 3 aromatic rings. The highest BCUT2D eigenvalue weighted by Gasteiger charge is 2.21. The molecule has 0 bridgehead atoms. The molecule has 6 nitrogen and oxygen atoms in total. The molecule has 0 aliphatic rings. The zero-order chi connectivity index (χ0) is 21.4. The minimum Gasteiger partial charge on any atom is -0.454 e. The van der Waals surface area contributed by atoms with Gasteiger partial charge in [0.15, 0.2) is 5.75 Å². The van der Waals surface area contributed by atoms with Crippen molar-refractivity contribution >= 4 is 21.4 Å². The van der Waals surface area contributed by atoms with E-state index in [9.17, 15) is 8.42 Å². The monoisotopic (exact) mass is 423 g/mol. The van der Waals surface area contributed by atoms with Crippen LogP contribution in [0.25, 0.3) is 0 Å². The summed E-state index contributed by atoms with van der Waals surface area (Å²) >= 11 is 0. The lowest BCUT2D eigenvalue weighted by molar-refractivity contribution is 0.469. The second-order valence-electron chi connectivity index (χ2n) is 6.60. The molecule has 0 amide bonds. The Bertz CT molecular complexity index is 1100. The highest BCUT2D eigenvalue weighted by molar-refractivity contribution is 7.89. The molecule has 3 aromatic carbocycles. The van der Waals surface area contributed by atoms with Crippen molar-refractivity contribution in [3.8, 4) is 11.5 Å². The molecule has 0 saturated carbocycles. The van der Waals surface area contributed by atoms with Crippen LogP contribution in [0.1, 0.15) is 12.5 Å². The van der Waals surface area contributed by atoms with Crippen LogP contribution in [0.5, 0.6) is 11.5 Å². The summed E-state index contributed by atoms with van der Waals surface area (Å²) < 4.78 is 30.7. The molecule has 3 rings (SSSR count).